The highest BCUT2D eigenvalue weighted by Crippen LogP contribution is 2.30. The van der Waals surface area contributed by atoms with E-state index in [2.05, 4.69) is 9.64 Å². The van der Waals surface area contributed by atoms with E-state index in [-0.39, 0.29) is 27.3 Å². The summed E-state index contributed by atoms with van der Waals surface area (Å²) in [6.07, 6.45) is 0. The molecule has 162 valence electrons. The number of benzene rings is 2. The van der Waals surface area contributed by atoms with Crippen LogP contribution < -0.4 is 13.8 Å². The van der Waals surface area contributed by atoms with Crippen molar-refractivity contribution in [1.29, 1.82) is 0 Å². The summed E-state index contributed by atoms with van der Waals surface area (Å²) in [4.78, 5) is 15.0. The van der Waals surface area contributed by atoms with Gasteiger partial charge in [0.05, 0.1) is 5.02 Å². The number of ether oxygens (including phenoxy) is 1. The topological polar surface area (TPSA) is 76.2 Å². The van der Waals surface area contributed by atoms with Crippen LogP contribution in [0.15, 0.2) is 47.4 Å². The summed E-state index contributed by atoms with van der Waals surface area (Å²) in [5.74, 6) is -0.206. The van der Waals surface area contributed by atoms with Crippen molar-refractivity contribution < 1.29 is 30.9 Å². The average Bonchev–Trinajstić information content (AvgIpc) is 2.69. The van der Waals surface area contributed by atoms with Gasteiger partial charge in [-0.05, 0) is 42.5 Å². The van der Waals surface area contributed by atoms with Crippen LogP contribution in [-0.2, 0) is 14.9 Å². The molecule has 1 heterocycles. The highest BCUT2D eigenvalue weighted by atomic mass is 35.5. The molecule has 0 bridgehead atoms. The number of anilines is 1. The fourth-order valence-electron chi connectivity index (χ4n) is 3.00. The molecule has 0 atom stereocenters. The van der Waals surface area contributed by atoms with E-state index in [0.29, 0.717) is 26.2 Å². The largest absolute Gasteiger partial charge is 0.433 e. The number of hydrogen-bond donors (Lipinski definition) is 0. The molecule has 2 aromatic carbocycles. The van der Waals surface area contributed by atoms with E-state index in [1.165, 1.54) is 19.1 Å². The van der Waals surface area contributed by atoms with Gasteiger partial charge >= 0.3 is 16.7 Å². The van der Waals surface area contributed by atoms with Gasteiger partial charge in [0.25, 0.3) is 0 Å². The molecule has 0 aromatic heterocycles. The summed E-state index contributed by atoms with van der Waals surface area (Å²) in [5.41, 5.74) is 0.875. The molecule has 1 aliphatic heterocycles. The van der Waals surface area contributed by atoms with Crippen molar-refractivity contribution in [3.63, 3.8) is 0 Å². The van der Waals surface area contributed by atoms with Gasteiger partial charge in [0.1, 0.15) is 16.4 Å². The number of hydrogen-bond acceptors (Lipinski definition) is 6. The Morgan fingerprint density at radius 3 is 2.23 bits per heavy atom. The van der Waals surface area contributed by atoms with Crippen LogP contribution in [0.3, 0.4) is 0 Å². The third-order valence-electron chi connectivity index (χ3n) is 4.54. The van der Waals surface area contributed by atoms with Crippen molar-refractivity contribution in [1.82, 2.24) is 4.90 Å². The highest BCUT2D eigenvalue weighted by Gasteiger charge is 2.21. The molecule has 0 N–H and O–H groups in total. The molecule has 1 aliphatic rings. The number of nitrogens with zero attached hydrogens (tertiary/aromatic N) is 2. The Morgan fingerprint density at radius 2 is 1.70 bits per heavy atom. The third-order valence-corrected chi connectivity index (χ3v) is 6.08. The molecule has 30 heavy (non-hydrogen) atoms. The number of amides is 1. The van der Waals surface area contributed by atoms with Gasteiger partial charge in [-0.25, -0.2) is 0 Å². The molecular weight excluding hydrogens is 442 g/mol. The fraction of sp³-hybridized carbons (Fsp3) is 0.316. The summed E-state index contributed by atoms with van der Waals surface area (Å²) in [6.45, 7) is 1.04. The quantitative estimate of drug-likeness (QED) is 0.615. The van der Waals surface area contributed by atoms with Crippen molar-refractivity contribution in [2.24, 2.45) is 0 Å². The van der Waals surface area contributed by atoms with Gasteiger partial charge in [0.2, 0.25) is 5.91 Å². The molecule has 3 rings (SSSR count). The SMILES string of the molecule is CC(=O)N1CCN(c2ccc(OS(=O)(=O)c3ccc(OC(F)F)c(Cl)c3)cc2)CC1. The van der Waals surface area contributed by atoms with E-state index in [1.807, 2.05) is 0 Å². The van der Waals surface area contributed by atoms with E-state index in [4.69, 9.17) is 15.8 Å². The lowest BCUT2D eigenvalue weighted by Crippen LogP contribution is -2.48. The van der Waals surface area contributed by atoms with Crippen LogP contribution in [0.1, 0.15) is 6.92 Å². The van der Waals surface area contributed by atoms with Gasteiger partial charge in [-0.15, -0.1) is 0 Å². The zero-order valence-corrected chi connectivity index (χ0v) is 17.5. The maximum atomic E-state index is 12.5. The van der Waals surface area contributed by atoms with Crippen LogP contribution in [0.25, 0.3) is 0 Å². The van der Waals surface area contributed by atoms with Gasteiger partial charge in [-0.3, -0.25) is 4.79 Å². The molecule has 11 heteroatoms. The van der Waals surface area contributed by atoms with Crippen LogP contribution in [0.5, 0.6) is 11.5 Å². The van der Waals surface area contributed by atoms with Crippen LogP contribution in [0.4, 0.5) is 14.5 Å². The number of alkyl halides is 2. The van der Waals surface area contributed by atoms with Crippen molar-refractivity contribution in [2.75, 3.05) is 31.1 Å². The minimum atomic E-state index is -4.22. The van der Waals surface area contributed by atoms with E-state index in [1.54, 1.807) is 17.0 Å². The Kier molecular flexibility index (Phi) is 6.67. The Bertz CT molecular complexity index is 1010. The minimum absolute atomic E-state index is 0.0394. The lowest BCUT2D eigenvalue weighted by atomic mass is 10.2. The summed E-state index contributed by atoms with van der Waals surface area (Å²) in [7, 11) is -4.22. The maximum Gasteiger partial charge on any atom is 0.387 e. The second kappa shape index (κ2) is 9.05. The van der Waals surface area contributed by atoms with Crippen LogP contribution in [-0.4, -0.2) is 52.0 Å². The predicted octanol–water partition coefficient (Wildman–Crippen LogP) is 3.38. The smallest absolute Gasteiger partial charge is 0.387 e. The van der Waals surface area contributed by atoms with E-state index in [9.17, 15) is 22.0 Å². The molecule has 1 amide bonds. The normalized spacial score (nSPS) is 14.7. The number of carbonyl (C=O) groups excluding carboxylic acids is 1. The lowest BCUT2D eigenvalue weighted by molar-refractivity contribution is -0.129. The predicted molar refractivity (Wildman–Crippen MR) is 107 cm³/mol. The molecule has 1 saturated heterocycles. The molecule has 0 spiro atoms. The number of piperazine rings is 1. The molecule has 0 aliphatic carbocycles. The first-order valence-corrected chi connectivity index (χ1v) is 10.7. The zero-order chi connectivity index (χ0) is 21.9. The van der Waals surface area contributed by atoms with E-state index in [0.717, 1.165) is 23.9 Å². The fourth-order valence-corrected chi connectivity index (χ4v) is 4.24. The Morgan fingerprint density at radius 1 is 1.07 bits per heavy atom. The first-order valence-electron chi connectivity index (χ1n) is 8.95. The molecule has 0 unspecified atom stereocenters. The monoisotopic (exact) mass is 460 g/mol. The van der Waals surface area contributed by atoms with Crippen molar-refractivity contribution in [3.05, 3.63) is 47.5 Å². The van der Waals surface area contributed by atoms with Crippen LogP contribution in [0.2, 0.25) is 5.02 Å². The first kappa shape index (κ1) is 22.1. The van der Waals surface area contributed by atoms with Crippen molar-refractivity contribution >= 4 is 33.3 Å². The molecule has 2 aromatic rings. The lowest BCUT2D eigenvalue weighted by Gasteiger charge is -2.35. The highest BCUT2D eigenvalue weighted by molar-refractivity contribution is 7.87. The Balaban J connectivity index is 1.67. The molecule has 1 fully saturated rings. The van der Waals surface area contributed by atoms with E-state index < -0.39 is 16.7 Å². The first-order chi connectivity index (χ1) is 14.2. The van der Waals surface area contributed by atoms with Crippen LogP contribution >= 0.6 is 11.6 Å². The summed E-state index contributed by atoms with van der Waals surface area (Å²) in [6, 6.07) is 9.57. The molecule has 0 radical (unpaired) electrons. The van der Waals surface area contributed by atoms with Gasteiger partial charge in [0, 0.05) is 38.8 Å². The van der Waals surface area contributed by atoms with Gasteiger partial charge in [-0.1, -0.05) is 11.6 Å². The second-order valence-electron chi connectivity index (χ2n) is 6.50. The van der Waals surface area contributed by atoms with E-state index >= 15 is 0 Å². The summed E-state index contributed by atoms with van der Waals surface area (Å²) < 4.78 is 58.8. The zero-order valence-electron chi connectivity index (χ0n) is 15.9. The number of rotatable bonds is 6. The maximum absolute atomic E-state index is 12.5. The average molecular weight is 461 g/mol. The Labute approximate surface area is 177 Å². The van der Waals surface area contributed by atoms with Gasteiger partial charge in [-0.2, -0.15) is 17.2 Å². The standard InChI is InChI=1S/C19H19ClF2N2O5S/c1-13(25)23-8-10-24(11-9-23)14-2-4-15(5-3-14)29-30(26,27)16-6-7-18(17(20)12-16)28-19(21)22/h2-7,12,19H,8-11H2,1H3. The van der Waals surface area contributed by atoms with Crippen LogP contribution in [0, 0.1) is 0 Å². The van der Waals surface area contributed by atoms with Crippen molar-refractivity contribution in [3.8, 4) is 11.5 Å². The van der Waals surface area contributed by atoms with Gasteiger partial charge < -0.3 is 18.7 Å². The molecular formula is C19H19ClF2N2O5S. The Hall–Kier alpha value is -2.59. The third kappa shape index (κ3) is 5.31. The minimum Gasteiger partial charge on any atom is -0.433 e. The molecule has 0 saturated carbocycles. The number of carbonyl (C=O) groups is 1. The van der Waals surface area contributed by atoms with Crippen molar-refractivity contribution in [2.45, 2.75) is 18.4 Å². The summed E-state index contributed by atoms with van der Waals surface area (Å²) >= 11 is 5.81. The number of halogens is 3. The molecule has 7 nitrogen and oxygen atoms in total. The second-order valence-corrected chi connectivity index (χ2v) is 8.45. The van der Waals surface area contributed by atoms with Gasteiger partial charge in [0.15, 0.2) is 0 Å². The summed E-state index contributed by atoms with van der Waals surface area (Å²) in [5, 5.41) is -0.278.